The Kier molecular flexibility index (Phi) is 8.50. The third-order valence-corrected chi connectivity index (χ3v) is 6.64. The fraction of sp³-hybridized carbons (Fsp3) is 0.615. The molecule has 4 heterocycles. The molecule has 2 aromatic heterocycles. The van der Waals surface area contributed by atoms with Crippen LogP contribution < -0.4 is 10.2 Å². The summed E-state index contributed by atoms with van der Waals surface area (Å²) in [6.07, 6.45) is -2.13. The van der Waals surface area contributed by atoms with Crippen LogP contribution in [0.25, 0.3) is 11.6 Å². The lowest BCUT2D eigenvalue weighted by molar-refractivity contribution is -0.137. The van der Waals surface area contributed by atoms with Gasteiger partial charge in [-0.05, 0) is 64.9 Å². The Hall–Kier alpha value is -3.19. The number of carbonyl (C=O) groups is 1. The zero-order chi connectivity index (χ0) is 28.4. The molecule has 2 atom stereocenters. The van der Waals surface area contributed by atoms with Crippen LogP contribution in [-0.4, -0.2) is 57.8 Å². The zero-order valence-electron chi connectivity index (χ0n) is 22.3. The number of halogens is 3. The molecule has 0 aromatic carbocycles. The van der Waals surface area contributed by atoms with Crippen LogP contribution in [0.15, 0.2) is 23.1 Å². The fourth-order valence-corrected chi connectivity index (χ4v) is 4.84. The second-order valence-electron chi connectivity index (χ2n) is 10.7. The highest BCUT2D eigenvalue weighted by Crippen LogP contribution is 2.43. The number of rotatable bonds is 7. The van der Waals surface area contributed by atoms with Gasteiger partial charge in [0.1, 0.15) is 23.1 Å². The number of aliphatic hydroxyl groups excluding tert-OH is 1. The van der Waals surface area contributed by atoms with Crippen LogP contribution in [-0.2, 0) is 15.7 Å². The molecule has 0 radical (unpaired) electrons. The Bertz CT molecular complexity index is 1170. The number of pyridine rings is 1. The van der Waals surface area contributed by atoms with Crippen LogP contribution >= 0.6 is 0 Å². The third kappa shape index (κ3) is 6.88. The molecule has 2 aliphatic rings. The summed E-state index contributed by atoms with van der Waals surface area (Å²) in [5, 5.41) is 21.1. The first-order valence-corrected chi connectivity index (χ1v) is 13.0. The van der Waals surface area contributed by atoms with Crippen molar-refractivity contribution in [1.82, 2.24) is 15.2 Å². The van der Waals surface area contributed by atoms with Gasteiger partial charge in [0, 0.05) is 25.8 Å². The van der Waals surface area contributed by atoms with E-state index in [4.69, 9.17) is 13.9 Å². The number of nitrogens with zero attached hydrogens (tertiary/aromatic N) is 4. The van der Waals surface area contributed by atoms with E-state index in [0.29, 0.717) is 51.9 Å². The lowest BCUT2D eigenvalue weighted by Gasteiger charge is -2.29. The van der Waals surface area contributed by atoms with Crippen LogP contribution in [0.1, 0.15) is 70.4 Å². The number of anilines is 2. The molecule has 2 aromatic rings. The van der Waals surface area contributed by atoms with Gasteiger partial charge < -0.3 is 23.9 Å². The van der Waals surface area contributed by atoms with Crippen molar-refractivity contribution < 1.29 is 37.0 Å². The number of aromatic nitrogens is 3. The molecule has 0 saturated carbocycles. The van der Waals surface area contributed by atoms with Crippen LogP contribution in [0.2, 0.25) is 0 Å². The number of nitrogens with one attached hydrogen (secondary N) is 1. The molecule has 2 aliphatic heterocycles. The smallest absolute Gasteiger partial charge is 0.420 e. The number of aliphatic hydroxyl groups is 1. The summed E-state index contributed by atoms with van der Waals surface area (Å²) >= 11 is 0. The van der Waals surface area contributed by atoms with Crippen LogP contribution in [0.5, 0.6) is 0 Å². The molecule has 2 N–H and O–H groups in total. The number of alkyl halides is 3. The number of amides is 1. The molecular formula is C26H34F3N5O5. The van der Waals surface area contributed by atoms with Crippen molar-refractivity contribution in [3.05, 3.63) is 30.2 Å². The molecule has 1 amide bonds. The Balaban J connectivity index is 1.80. The van der Waals surface area contributed by atoms with Gasteiger partial charge in [-0.15, -0.1) is 16.8 Å². The maximum absolute atomic E-state index is 14.3. The average molecular weight is 554 g/mol. The Labute approximate surface area is 224 Å². The highest BCUT2D eigenvalue weighted by molar-refractivity contribution is 5.90. The van der Waals surface area contributed by atoms with E-state index >= 15 is 0 Å². The van der Waals surface area contributed by atoms with Gasteiger partial charge >= 0.3 is 12.3 Å². The first-order chi connectivity index (χ1) is 18.4. The largest absolute Gasteiger partial charge is 0.444 e. The SMILES string of the molecule is C=CC[C@@H]1CCCN1c1nc(-c2nnc(C(O)C3CCOCC3)o2)c(NC(=O)OC(C)(C)C)cc1C(F)(F)F. The summed E-state index contributed by atoms with van der Waals surface area (Å²) in [7, 11) is 0. The van der Waals surface area contributed by atoms with E-state index in [1.165, 1.54) is 0 Å². The molecule has 13 heteroatoms. The van der Waals surface area contributed by atoms with Crippen LogP contribution in [0.4, 0.5) is 29.5 Å². The maximum atomic E-state index is 14.3. The number of carbonyl (C=O) groups excluding carboxylic acids is 1. The molecule has 1 unspecified atom stereocenters. The number of hydrogen-bond donors (Lipinski definition) is 2. The lowest BCUT2D eigenvalue weighted by Crippen LogP contribution is -2.32. The fourth-order valence-electron chi connectivity index (χ4n) is 4.84. The molecule has 4 rings (SSSR count). The van der Waals surface area contributed by atoms with Gasteiger partial charge in [0.05, 0.1) is 5.69 Å². The number of ether oxygens (including phenoxy) is 2. The number of hydrogen-bond acceptors (Lipinski definition) is 9. The van der Waals surface area contributed by atoms with Gasteiger partial charge in [-0.1, -0.05) is 6.08 Å². The molecule has 39 heavy (non-hydrogen) atoms. The van der Waals surface area contributed by atoms with Crippen LogP contribution in [0, 0.1) is 5.92 Å². The second kappa shape index (κ2) is 11.5. The van der Waals surface area contributed by atoms with Gasteiger partial charge in [0.2, 0.25) is 5.89 Å². The Morgan fingerprint density at radius 1 is 1.28 bits per heavy atom. The van der Waals surface area contributed by atoms with E-state index in [9.17, 15) is 23.1 Å². The molecular weight excluding hydrogens is 519 g/mol. The van der Waals surface area contributed by atoms with Gasteiger partial charge in [-0.2, -0.15) is 13.2 Å². The summed E-state index contributed by atoms with van der Waals surface area (Å²) in [4.78, 5) is 18.5. The minimum absolute atomic E-state index is 0.0888. The predicted octanol–water partition coefficient (Wildman–Crippen LogP) is 5.50. The van der Waals surface area contributed by atoms with Crippen molar-refractivity contribution in [2.24, 2.45) is 5.92 Å². The first kappa shape index (κ1) is 28.8. The zero-order valence-corrected chi connectivity index (χ0v) is 22.3. The minimum atomic E-state index is -4.77. The van der Waals surface area contributed by atoms with E-state index in [2.05, 4.69) is 27.1 Å². The van der Waals surface area contributed by atoms with Crippen molar-refractivity contribution in [1.29, 1.82) is 0 Å². The highest BCUT2D eigenvalue weighted by Gasteiger charge is 2.40. The average Bonchev–Trinajstić information content (AvgIpc) is 3.52. The van der Waals surface area contributed by atoms with Gasteiger partial charge in [-0.3, -0.25) is 5.32 Å². The van der Waals surface area contributed by atoms with E-state index in [1.54, 1.807) is 31.7 Å². The van der Waals surface area contributed by atoms with Crippen LogP contribution in [0.3, 0.4) is 0 Å². The van der Waals surface area contributed by atoms with Gasteiger partial charge in [0.15, 0.2) is 5.69 Å². The maximum Gasteiger partial charge on any atom is 0.420 e. The normalized spacial score (nSPS) is 19.7. The van der Waals surface area contributed by atoms with Gasteiger partial charge in [-0.25, -0.2) is 9.78 Å². The quantitative estimate of drug-likeness (QED) is 0.428. The minimum Gasteiger partial charge on any atom is -0.444 e. The van der Waals surface area contributed by atoms with E-state index in [-0.39, 0.29) is 40.9 Å². The van der Waals surface area contributed by atoms with E-state index in [0.717, 1.165) is 6.07 Å². The van der Waals surface area contributed by atoms with Crippen molar-refractivity contribution in [2.75, 3.05) is 30.0 Å². The molecule has 2 fully saturated rings. The van der Waals surface area contributed by atoms with Crippen molar-refractivity contribution in [2.45, 2.75) is 76.8 Å². The molecule has 2 saturated heterocycles. The predicted molar refractivity (Wildman–Crippen MR) is 136 cm³/mol. The molecule has 0 spiro atoms. The summed E-state index contributed by atoms with van der Waals surface area (Å²) in [5.74, 6) is -0.807. The van der Waals surface area contributed by atoms with Gasteiger partial charge in [0.25, 0.3) is 5.89 Å². The molecule has 214 valence electrons. The van der Waals surface area contributed by atoms with E-state index < -0.39 is 29.5 Å². The van der Waals surface area contributed by atoms with Crippen molar-refractivity contribution in [3.8, 4) is 11.6 Å². The summed E-state index contributed by atoms with van der Waals surface area (Å²) < 4.78 is 59.3. The monoisotopic (exact) mass is 553 g/mol. The summed E-state index contributed by atoms with van der Waals surface area (Å²) in [6, 6.07) is 0.589. The van der Waals surface area contributed by atoms with Crippen molar-refractivity contribution >= 4 is 17.6 Å². The van der Waals surface area contributed by atoms with E-state index in [1.807, 2.05) is 0 Å². The lowest BCUT2D eigenvalue weighted by atomic mass is 9.94. The molecule has 10 nitrogen and oxygen atoms in total. The third-order valence-electron chi connectivity index (χ3n) is 6.64. The summed E-state index contributed by atoms with van der Waals surface area (Å²) in [6.45, 7) is 9.95. The Morgan fingerprint density at radius 2 is 2.00 bits per heavy atom. The van der Waals surface area contributed by atoms with Crippen molar-refractivity contribution in [3.63, 3.8) is 0 Å². The second-order valence-corrected chi connectivity index (χ2v) is 10.7. The highest BCUT2D eigenvalue weighted by atomic mass is 19.4. The summed E-state index contributed by atoms with van der Waals surface area (Å²) in [5.41, 5.74) is -2.39. The molecule has 0 bridgehead atoms. The first-order valence-electron chi connectivity index (χ1n) is 13.0. The standard InChI is InChI=1S/C26H34F3N5O5/c1-5-7-16-8-6-11-34(16)21-17(26(27,28)29)14-18(30-24(36)39-25(2,3)4)19(31-21)22-32-33-23(38-22)20(35)15-9-12-37-13-10-15/h5,14-16,20,35H,1,6-13H2,2-4H3,(H,30,36)/t16-,20?/m1/s1. The topological polar surface area (TPSA) is 123 Å². The molecule has 0 aliphatic carbocycles. The Morgan fingerprint density at radius 3 is 2.64 bits per heavy atom.